The third kappa shape index (κ3) is 2.92. The van der Waals surface area contributed by atoms with Gasteiger partial charge in [0.15, 0.2) is 6.30 Å². The fourth-order valence-electron chi connectivity index (χ4n) is 2.47. The highest BCUT2D eigenvalue weighted by Gasteiger charge is 2.28. The molecule has 3 rings (SSSR count). The maximum atomic E-state index is 14.5. The highest BCUT2D eigenvalue weighted by molar-refractivity contribution is 6.31. The summed E-state index contributed by atoms with van der Waals surface area (Å²) in [7, 11) is 0. The Balaban J connectivity index is 2.16. The molecule has 0 radical (unpaired) electrons. The molecular weight excluding hydrogens is 322 g/mol. The van der Waals surface area contributed by atoms with Crippen LogP contribution >= 0.6 is 11.6 Å². The summed E-state index contributed by atoms with van der Waals surface area (Å²) in [4.78, 5) is 5.36. The van der Waals surface area contributed by atoms with Crippen LogP contribution in [0.15, 0.2) is 54.4 Å². The molecule has 1 unspecified atom stereocenters. The van der Waals surface area contributed by atoms with Crippen LogP contribution in [0.5, 0.6) is 0 Å². The quantitative estimate of drug-likeness (QED) is 0.803. The maximum absolute atomic E-state index is 14.5. The largest absolute Gasteiger partial charge is 0.506 e. The molecule has 3 nitrogen and oxygen atoms in total. The zero-order valence-electron chi connectivity index (χ0n) is 12.2. The molecule has 1 aromatic carbocycles. The summed E-state index contributed by atoms with van der Waals surface area (Å²) < 4.78 is 27.9. The Bertz CT molecular complexity index is 820. The molecule has 1 N–H and O–H groups in total. The second-order valence-electron chi connectivity index (χ2n) is 5.12. The lowest BCUT2D eigenvalue weighted by molar-refractivity contribution is 0.382. The number of alkyl halides is 1. The predicted molar refractivity (Wildman–Crippen MR) is 86.4 cm³/mol. The first-order valence-corrected chi connectivity index (χ1v) is 7.28. The van der Waals surface area contributed by atoms with Crippen LogP contribution in [0, 0.1) is 12.7 Å². The average Bonchev–Trinajstić information content (AvgIpc) is 2.52. The number of allylic oxidation sites excluding steroid dienone is 1. The number of rotatable bonds is 2. The van der Waals surface area contributed by atoms with Crippen molar-refractivity contribution < 1.29 is 13.9 Å². The van der Waals surface area contributed by atoms with E-state index in [0.29, 0.717) is 11.3 Å². The molecule has 0 saturated carbocycles. The number of nitrogens with zero attached hydrogens (tertiary/aromatic N) is 2. The monoisotopic (exact) mass is 334 g/mol. The lowest BCUT2D eigenvalue weighted by Crippen LogP contribution is -2.32. The van der Waals surface area contributed by atoms with Crippen LogP contribution in [0.25, 0.3) is 5.70 Å². The first kappa shape index (κ1) is 15.5. The van der Waals surface area contributed by atoms with Gasteiger partial charge in [0, 0.05) is 23.1 Å². The van der Waals surface area contributed by atoms with Crippen molar-refractivity contribution in [2.24, 2.45) is 0 Å². The van der Waals surface area contributed by atoms with E-state index >= 15 is 0 Å². The van der Waals surface area contributed by atoms with Crippen molar-refractivity contribution in [3.63, 3.8) is 0 Å². The van der Waals surface area contributed by atoms with Gasteiger partial charge in [0.05, 0.1) is 10.7 Å². The summed E-state index contributed by atoms with van der Waals surface area (Å²) in [6.07, 6.45) is 2.57. The smallest absolute Gasteiger partial charge is 0.196 e. The molecule has 0 saturated heterocycles. The van der Waals surface area contributed by atoms with Gasteiger partial charge >= 0.3 is 0 Å². The minimum atomic E-state index is -1.52. The Kier molecular flexibility index (Phi) is 4.05. The van der Waals surface area contributed by atoms with Crippen molar-refractivity contribution in [3.05, 3.63) is 76.5 Å². The van der Waals surface area contributed by atoms with Gasteiger partial charge < -0.3 is 10.0 Å². The Morgan fingerprint density at radius 2 is 2.04 bits per heavy atom. The minimum Gasteiger partial charge on any atom is -0.506 e. The van der Waals surface area contributed by atoms with E-state index in [1.807, 2.05) is 0 Å². The highest BCUT2D eigenvalue weighted by Crippen LogP contribution is 2.36. The summed E-state index contributed by atoms with van der Waals surface area (Å²) in [5.74, 6) is -0.683. The fourth-order valence-corrected chi connectivity index (χ4v) is 2.64. The van der Waals surface area contributed by atoms with Gasteiger partial charge in [-0.1, -0.05) is 11.6 Å². The van der Waals surface area contributed by atoms with Crippen LogP contribution in [0.4, 0.5) is 14.5 Å². The van der Waals surface area contributed by atoms with Gasteiger partial charge in [-0.15, -0.1) is 0 Å². The van der Waals surface area contributed by atoms with Crippen molar-refractivity contribution in [1.82, 2.24) is 4.98 Å². The van der Waals surface area contributed by atoms with Crippen molar-refractivity contribution in [2.45, 2.75) is 13.2 Å². The van der Waals surface area contributed by atoms with E-state index in [2.05, 4.69) is 4.98 Å². The molecule has 2 aromatic rings. The SMILES string of the molecule is Cc1cc(C2=C(O)C=CC(F)N2c2ccc(F)c(Cl)c2)ccn1. The van der Waals surface area contributed by atoms with Gasteiger partial charge in [0.1, 0.15) is 11.6 Å². The van der Waals surface area contributed by atoms with Crippen molar-refractivity contribution >= 4 is 23.0 Å². The third-order valence-corrected chi connectivity index (χ3v) is 3.78. The van der Waals surface area contributed by atoms with E-state index in [-0.39, 0.29) is 16.5 Å². The molecule has 0 amide bonds. The summed E-state index contributed by atoms with van der Waals surface area (Å²) in [6, 6.07) is 7.30. The summed E-state index contributed by atoms with van der Waals surface area (Å²) >= 11 is 5.81. The molecule has 6 heteroatoms. The molecule has 1 aliphatic rings. The topological polar surface area (TPSA) is 36.4 Å². The van der Waals surface area contributed by atoms with Crippen molar-refractivity contribution in [2.75, 3.05) is 4.90 Å². The molecule has 0 fully saturated rings. The number of anilines is 1. The highest BCUT2D eigenvalue weighted by atomic mass is 35.5. The van der Waals surface area contributed by atoms with E-state index in [1.54, 1.807) is 25.3 Å². The number of aryl methyl sites for hydroxylation is 1. The number of aliphatic hydroxyl groups excluding tert-OH is 1. The molecule has 0 bridgehead atoms. The van der Waals surface area contributed by atoms with E-state index in [4.69, 9.17) is 11.6 Å². The van der Waals surface area contributed by atoms with Gasteiger partial charge in [0.2, 0.25) is 0 Å². The van der Waals surface area contributed by atoms with Crippen molar-refractivity contribution in [3.8, 4) is 0 Å². The van der Waals surface area contributed by atoms with E-state index < -0.39 is 12.1 Å². The lowest BCUT2D eigenvalue weighted by atomic mass is 10.1. The first-order valence-electron chi connectivity index (χ1n) is 6.90. The molecule has 2 heterocycles. The van der Waals surface area contributed by atoms with E-state index in [1.165, 1.54) is 29.2 Å². The summed E-state index contributed by atoms with van der Waals surface area (Å²) in [5.41, 5.74) is 1.93. The first-order chi connectivity index (χ1) is 11.0. The molecule has 1 aliphatic heterocycles. The zero-order valence-corrected chi connectivity index (χ0v) is 12.9. The molecule has 0 aliphatic carbocycles. The van der Waals surface area contributed by atoms with E-state index in [9.17, 15) is 13.9 Å². The fraction of sp³-hybridized carbons (Fsp3) is 0.118. The number of halogens is 3. The Labute approximate surface area is 137 Å². The maximum Gasteiger partial charge on any atom is 0.196 e. The molecule has 1 aromatic heterocycles. The summed E-state index contributed by atoms with van der Waals surface area (Å²) in [5, 5.41) is 10.1. The lowest BCUT2D eigenvalue weighted by Gasteiger charge is -2.32. The number of hydrogen-bond acceptors (Lipinski definition) is 3. The third-order valence-electron chi connectivity index (χ3n) is 3.49. The Morgan fingerprint density at radius 3 is 2.74 bits per heavy atom. The van der Waals surface area contributed by atoms with Crippen LogP contribution < -0.4 is 4.90 Å². The molecule has 0 spiro atoms. The molecule has 1 atom stereocenters. The standard InChI is InChI=1S/C17H13ClF2N2O/c1-10-8-11(6-7-21-10)17-15(23)4-5-16(20)22(17)12-2-3-14(19)13(18)9-12/h2-9,16,23H,1H3. The average molecular weight is 335 g/mol. The molecule has 118 valence electrons. The van der Waals surface area contributed by atoms with Gasteiger partial charge in [-0.25, -0.2) is 8.78 Å². The van der Waals surface area contributed by atoms with Gasteiger partial charge in [-0.05, 0) is 49.4 Å². The van der Waals surface area contributed by atoms with E-state index in [0.717, 1.165) is 11.8 Å². The van der Waals surface area contributed by atoms with Gasteiger partial charge in [0.25, 0.3) is 0 Å². The van der Waals surface area contributed by atoms with Crippen molar-refractivity contribution in [1.29, 1.82) is 0 Å². The zero-order chi connectivity index (χ0) is 16.6. The molecular formula is C17H13ClF2N2O. The predicted octanol–water partition coefficient (Wildman–Crippen LogP) is 4.78. The van der Waals surface area contributed by atoms with Crippen LogP contribution in [0.1, 0.15) is 11.3 Å². The second-order valence-corrected chi connectivity index (χ2v) is 5.53. The second kappa shape index (κ2) is 6.01. The van der Waals surface area contributed by atoms with Gasteiger partial charge in [-0.2, -0.15) is 0 Å². The Hall–Kier alpha value is -2.40. The summed E-state index contributed by atoms with van der Waals surface area (Å²) in [6.45, 7) is 1.80. The number of hydrogen-bond donors (Lipinski definition) is 1. The number of benzene rings is 1. The van der Waals surface area contributed by atoms with Crippen LogP contribution in [0.2, 0.25) is 5.02 Å². The normalized spacial score (nSPS) is 17.7. The van der Waals surface area contributed by atoms with Crippen LogP contribution in [0.3, 0.4) is 0 Å². The van der Waals surface area contributed by atoms with Gasteiger partial charge in [-0.3, -0.25) is 4.98 Å². The number of pyridine rings is 1. The molecule has 23 heavy (non-hydrogen) atoms. The number of aromatic nitrogens is 1. The Morgan fingerprint density at radius 1 is 1.26 bits per heavy atom. The van der Waals surface area contributed by atoms with Crippen LogP contribution in [-0.2, 0) is 0 Å². The minimum absolute atomic E-state index is 0.0926. The number of aliphatic hydroxyl groups is 1. The van der Waals surface area contributed by atoms with Crippen LogP contribution in [-0.4, -0.2) is 16.4 Å².